The van der Waals surface area contributed by atoms with Crippen molar-refractivity contribution in [1.29, 1.82) is 0 Å². The minimum absolute atomic E-state index is 0.0124. The Labute approximate surface area is 120 Å². The van der Waals surface area contributed by atoms with Crippen LogP contribution in [0.4, 0.5) is 4.39 Å². The van der Waals surface area contributed by atoms with Crippen LogP contribution in [0, 0.1) is 12.7 Å². The van der Waals surface area contributed by atoms with Crippen molar-refractivity contribution >= 4 is 17.3 Å². The molecule has 106 valence electrons. The standard InChI is InChI=1S/C14H15FN2O2S/c1-8-7-20-13(17-8)9(2)16-6-11-5-10(14(18)19)3-4-12(11)15/h3-5,7,9,16H,6H2,1-2H3,(H,18,19). The summed E-state index contributed by atoms with van der Waals surface area (Å²) in [5.74, 6) is -1.47. The lowest BCUT2D eigenvalue weighted by molar-refractivity contribution is 0.0696. The van der Waals surface area contributed by atoms with Crippen molar-refractivity contribution in [2.75, 3.05) is 0 Å². The molecular formula is C14H15FN2O2S. The molecule has 0 saturated heterocycles. The largest absolute Gasteiger partial charge is 0.478 e. The molecule has 0 aliphatic rings. The van der Waals surface area contributed by atoms with Gasteiger partial charge >= 0.3 is 5.97 Å². The van der Waals surface area contributed by atoms with Crippen LogP contribution in [0.2, 0.25) is 0 Å². The molecule has 1 atom stereocenters. The van der Waals surface area contributed by atoms with E-state index in [1.165, 1.54) is 18.2 Å². The van der Waals surface area contributed by atoms with Crippen molar-refractivity contribution in [3.63, 3.8) is 0 Å². The molecule has 2 N–H and O–H groups in total. The van der Waals surface area contributed by atoms with Gasteiger partial charge in [0.05, 0.1) is 11.6 Å². The maximum absolute atomic E-state index is 13.6. The van der Waals surface area contributed by atoms with E-state index in [2.05, 4.69) is 10.3 Å². The number of aromatic nitrogens is 1. The zero-order valence-corrected chi connectivity index (χ0v) is 12.0. The Morgan fingerprint density at radius 3 is 2.90 bits per heavy atom. The SMILES string of the molecule is Cc1csc(C(C)NCc2cc(C(=O)O)ccc2F)n1. The van der Waals surface area contributed by atoms with Crippen LogP contribution in [-0.2, 0) is 6.54 Å². The van der Waals surface area contributed by atoms with Gasteiger partial charge in [0.15, 0.2) is 0 Å². The third-order valence-electron chi connectivity index (χ3n) is 2.90. The summed E-state index contributed by atoms with van der Waals surface area (Å²) in [5, 5.41) is 14.9. The molecule has 0 aliphatic heterocycles. The number of benzene rings is 1. The van der Waals surface area contributed by atoms with Gasteiger partial charge in [-0.3, -0.25) is 0 Å². The van der Waals surface area contributed by atoms with Crippen molar-refractivity contribution < 1.29 is 14.3 Å². The van der Waals surface area contributed by atoms with E-state index in [4.69, 9.17) is 5.11 Å². The highest BCUT2D eigenvalue weighted by atomic mass is 32.1. The van der Waals surface area contributed by atoms with Gasteiger partial charge in [0.2, 0.25) is 0 Å². The van der Waals surface area contributed by atoms with Gasteiger partial charge in [-0.25, -0.2) is 14.2 Å². The van der Waals surface area contributed by atoms with Crippen LogP contribution < -0.4 is 5.32 Å². The summed E-state index contributed by atoms with van der Waals surface area (Å²) in [6.07, 6.45) is 0. The summed E-state index contributed by atoms with van der Waals surface area (Å²) in [4.78, 5) is 15.2. The Balaban J connectivity index is 2.06. The molecule has 1 aromatic heterocycles. The number of hydrogen-bond acceptors (Lipinski definition) is 4. The predicted octanol–water partition coefficient (Wildman–Crippen LogP) is 3.14. The number of aryl methyl sites for hydroxylation is 1. The molecule has 0 bridgehead atoms. The van der Waals surface area contributed by atoms with Gasteiger partial charge < -0.3 is 10.4 Å². The molecule has 0 spiro atoms. The Kier molecular flexibility index (Phi) is 4.46. The number of halogens is 1. The Hall–Kier alpha value is -1.79. The van der Waals surface area contributed by atoms with Gasteiger partial charge in [-0.15, -0.1) is 11.3 Å². The van der Waals surface area contributed by atoms with Gasteiger partial charge in [0, 0.05) is 23.2 Å². The minimum Gasteiger partial charge on any atom is -0.478 e. The summed E-state index contributed by atoms with van der Waals surface area (Å²) in [7, 11) is 0. The average molecular weight is 294 g/mol. The Morgan fingerprint density at radius 1 is 1.55 bits per heavy atom. The molecule has 0 fully saturated rings. The maximum Gasteiger partial charge on any atom is 0.335 e. The Bertz CT molecular complexity index is 627. The van der Waals surface area contributed by atoms with Crippen LogP contribution in [0.25, 0.3) is 0 Å². The van der Waals surface area contributed by atoms with Gasteiger partial charge in [0.25, 0.3) is 0 Å². The average Bonchev–Trinajstić information content (AvgIpc) is 2.84. The quantitative estimate of drug-likeness (QED) is 0.889. The molecule has 0 amide bonds. The first-order valence-corrected chi connectivity index (χ1v) is 7.02. The molecule has 2 rings (SSSR count). The number of carboxylic acid groups (broad SMARTS) is 1. The highest BCUT2D eigenvalue weighted by Gasteiger charge is 2.12. The number of nitrogens with zero attached hydrogens (tertiary/aromatic N) is 1. The monoisotopic (exact) mass is 294 g/mol. The number of carbonyl (C=O) groups is 1. The molecule has 2 aromatic rings. The lowest BCUT2D eigenvalue weighted by Crippen LogP contribution is -2.19. The fraction of sp³-hybridized carbons (Fsp3) is 0.286. The van der Waals surface area contributed by atoms with E-state index in [0.29, 0.717) is 5.56 Å². The summed E-state index contributed by atoms with van der Waals surface area (Å²) in [5.41, 5.74) is 1.38. The fourth-order valence-corrected chi connectivity index (χ4v) is 2.59. The predicted molar refractivity (Wildman–Crippen MR) is 75.5 cm³/mol. The van der Waals surface area contributed by atoms with Crippen LogP contribution in [0.3, 0.4) is 0 Å². The lowest BCUT2D eigenvalue weighted by Gasteiger charge is -2.12. The van der Waals surface area contributed by atoms with E-state index in [9.17, 15) is 9.18 Å². The van der Waals surface area contributed by atoms with Crippen LogP contribution >= 0.6 is 11.3 Å². The first-order chi connectivity index (χ1) is 9.47. The van der Waals surface area contributed by atoms with Gasteiger partial charge in [-0.2, -0.15) is 0 Å². The van der Waals surface area contributed by atoms with Crippen LogP contribution in [0.15, 0.2) is 23.6 Å². The van der Waals surface area contributed by atoms with Crippen molar-refractivity contribution in [2.45, 2.75) is 26.4 Å². The molecule has 4 nitrogen and oxygen atoms in total. The zero-order chi connectivity index (χ0) is 14.7. The topological polar surface area (TPSA) is 62.2 Å². The third-order valence-corrected chi connectivity index (χ3v) is 4.04. The highest BCUT2D eigenvalue weighted by molar-refractivity contribution is 7.09. The van der Waals surface area contributed by atoms with Crippen molar-refractivity contribution in [3.05, 3.63) is 51.2 Å². The van der Waals surface area contributed by atoms with Gasteiger partial charge in [-0.1, -0.05) is 0 Å². The number of rotatable bonds is 5. The molecule has 0 saturated carbocycles. The number of carboxylic acids is 1. The second kappa shape index (κ2) is 6.11. The second-order valence-electron chi connectivity index (χ2n) is 4.54. The first-order valence-electron chi connectivity index (χ1n) is 6.14. The fourth-order valence-electron chi connectivity index (χ4n) is 1.76. The van der Waals surface area contributed by atoms with Crippen LogP contribution in [-0.4, -0.2) is 16.1 Å². The van der Waals surface area contributed by atoms with E-state index < -0.39 is 11.8 Å². The first kappa shape index (κ1) is 14.6. The summed E-state index contributed by atoms with van der Waals surface area (Å²) < 4.78 is 13.6. The molecule has 6 heteroatoms. The van der Waals surface area contributed by atoms with Crippen LogP contribution in [0.5, 0.6) is 0 Å². The van der Waals surface area contributed by atoms with Gasteiger partial charge in [-0.05, 0) is 32.0 Å². The molecule has 20 heavy (non-hydrogen) atoms. The van der Waals surface area contributed by atoms with Crippen molar-refractivity contribution in [2.24, 2.45) is 0 Å². The molecule has 1 heterocycles. The zero-order valence-electron chi connectivity index (χ0n) is 11.2. The van der Waals surface area contributed by atoms with Gasteiger partial charge in [0.1, 0.15) is 10.8 Å². The lowest BCUT2D eigenvalue weighted by atomic mass is 10.1. The molecule has 1 aromatic carbocycles. The van der Waals surface area contributed by atoms with E-state index in [1.807, 2.05) is 19.2 Å². The molecule has 1 unspecified atom stereocenters. The summed E-state index contributed by atoms with van der Waals surface area (Å²) in [6.45, 7) is 4.12. The summed E-state index contributed by atoms with van der Waals surface area (Å²) >= 11 is 1.54. The number of nitrogens with one attached hydrogen (secondary N) is 1. The number of hydrogen-bond donors (Lipinski definition) is 2. The van der Waals surface area contributed by atoms with E-state index in [0.717, 1.165) is 10.7 Å². The number of thiazole rings is 1. The molecular weight excluding hydrogens is 279 g/mol. The van der Waals surface area contributed by atoms with Crippen molar-refractivity contribution in [3.8, 4) is 0 Å². The third kappa shape index (κ3) is 3.40. The smallest absolute Gasteiger partial charge is 0.335 e. The highest BCUT2D eigenvalue weighted by Crippen LogP contribution is 2.18. The molecule has 0 radical (unpaired) electrons. The van der Waals surface area contributed by atoms with Crippen LogP contribution in [0.1, 0.15) is 39.6 Å². The number of aromatic carboxylic acids is 1. The second-order valence-corrected chi connectivity index (χ2v) is 5.43. The van der Waals surface area contributed by atoms with E-state index in [-0.39, 0.29) is 18.2 Å². The Morgan fingerprint density at radius 2 is 2.30 bits per heavy atom. The maximum atomic E-state index is 13.6. The summed E-state index contributed by atoms with van der Waals surface area (Å²) in [6, 6.07) is 3.78. The minimum atomic E-state index is -1.06. The van der Waals surface area contributed by atoms with Crippen molar-refractivity contribution in [1.82, 2.24) is 10.3 Å². The van der Waals surface area contributed by atoms with E-state index >= 15 is 0 Å². The normalized spacial score (nSPS) is 12.3. The van der Waals surface area contributed by atoms with E-state index in [1.54, 1.807) is 11.3 Å². The molecule has 0 aliphatic carbocycles.